The number of aromatic nitrogens is 2. The van der Waals surface area contributed by atoms with Crippen molar-refractivity contribution in [2.24, 2.45) is 0 Å². The van der Waals surface area contributed by atoms with Crippen LogP contribution in [0.2, 0.25) is 0 Å². The molecule has 94 valence electrons. The van der Waals surface area contributed by atoms with Crippen LogP contribution in [-0.4, -0.2) is 9.78 Å². The van der Waals surface area contributed by atoms with Gasteiger partial charge in [-0.2, -0.15) is 5.10 Å². The minimum absolute atomic E-state index is 0.573. The van der Waals surface area contributed by atoms with Crippen molar-refractivity contribution in [3.63, 3.8) is 0 Å². The summed E-state index contributed by atoms with van der Waals surface area (Å²) in [6.07, 6.45) is 3.70. The summed E-state index contributed by atoms with van der Waals surface area (Å²) in [6, 6.07) is 19.9. The Kier molecular flexibility index (Phi) is 3.28. The lowest BCUT2D eigenvalue weighted by Gasteiger charge is -2.07. The average Bonchev–Trinajstić information content (AvgIpc) is 3.01. The predicted octanol–water partition coefficient (Wildman–Crippen LogP) is 3.45. The van der Waals surface area contributed by atoms with Crippen molar-refractivity contribution in [3.8, 4) is 11.4 Å². The Hall–Kier alpha value is -2.55. The van der Waals surface area contributed by atoms with Crippen molar-refractivity contribution in [3.05, 3.63) is 78.6 Å². The largest absolute Gasteiger partial charge is 0.489 e. The molecule has 0 fully saturated rings. The van der Waals surface area contributed by atoms with Crippen LogP contribution in [0.5, 0.6) is 5.75 Å². The number of hydrogen-bond donors (Lipinski definition) is 0. The van der Waals surface area contributed by atoms with Crippen molar-refractivity contribution in [2.75, 3.05) is 0 Å². The van der Waals surface area contributed by atoms with Gasteiger partial charge in [-0.1, -0.05) is 30.3 Å². The van der Waals surface area contributed by atoms with Crippen LogP contribution in [0.25, 0.3) is 5.69 Å². The van der Waals surface area contributed by atoms with Gasteiger partial charge in [0.15, 0.2) is 0 Å². The molecule has 0 aliphatic rings. The maximum absolute atomic E-state index is 5.70. The van der Waals surface area contributed by atoms with Gasteiger partial charge in [0.2, 0.25) is 0 Å². The first-order valence-electron chi connectivity index (χ1n) is 6.19. The molecule has 0 spiro atoms. The number of hydrogen-bond acceptors (Lipinski definition) is 2. The molecule has 3 heteroatoms. The molecule has 0 amide bonds. The Morgan fingerprint density at radius 3 is 2.37 bits per heavy atom. The van der Waals surface area contributed by atoms with E-state index in [4.69, 9.17) is 4.74 Å². The summed E-state index contributed by atoms with van der Waals surface area (Å²) in [5.41, 5.74) is 2.19. The SMILES string of the molecule is c1ccc(OCc2ccc(-n3cccn3)cc2)cc1. The van der Waals surface area contributed by atoms with Crippen molar-refractivity contribution < 1.29 is 4.74 Å². The van der Waals surface area contributed by atoms with Gasteiger partial charge in [0, 0.05) is 12.4 Å². The summed E-state index contributed by atoms with van der Waals surface area (Å²) in [7, 11) is 0. The van der Waals surface area contributed by atoms with Gasteiger partial charge in [-0.3, -0.25) is 0 Å². The molecule has 0 saturated carbocycles. The first-order chi connectivity index (χ1) is 9.42. The average molecular weight is 250 g/mol. The first kappa shape index (κ1) is 11.5. The zero-order chi connectivity index (χ0) is 12.9. The second kappa shape index (κ2) is 5.40. The van der Waals surface area contributed by atoms with E-state index in [2.05, 4.69) is 17.2 Å². The fraction of sp³-hybridized carbons (Fsp3) is 0.0625. The molecule has 0 radical (unpaired) electrons. The second-order valence-corrected chi connectivity index (χ2v) is 4.22. The van der Waals surface area contributed by atoms with Crippen LogP contribution in [0.4, 0.5) is 0 Å². The summed E-state index contributed by atoms with van der Waals surface area (Å²) in [5.74, 6) is 0.888. The van der Waals surface area contributed by atoms with Crippen LogP contribution < -0.4 is 4.74 Å². The van der Waals surface area contributed by atoms with Crippen LogP contribution in [0.1, 0.15) is 5.56 Å². The normalized spacial score (nSPS) is 10.3. The molecule has 0 atom stereocenters. The lowest BCUT2D eigenvalue weighted by molar-refractivity contribution is 0.306. The lowest BCUT2D eigenvalue weighted by Crippen LogP contribution is -1.97. The third kappa shape index (κ3) is 2.83. The number of benzene rings is 2. The van der Waals surface area contributed by atoms with E-state index >= 15 is 0 Å². The van der Waals surface area contributed by atoms with Gasteiger partial charge in [0.05, 0.1) is 5.69 Å². The van der Waals surface area contributed by atoms with Gasteiger partial charge in [-0.05, 0) is 35.9 Å². The topological polar surface area (TPSA) is 27.1 Å². The molecule has 0 saturated heterocycles. The molecular weight excluding hydrogens is 236 g/mol. The molecule has 0 bridgehead atoms. The maximum atomic E-state index is 5.70. The van der Waals surface area contributed by atoms with Gasteiger partial charge in [-0.25, -0.2) is 4.68 Å². The molecule has 1 aromatic heterocycles. The highest BCUT2D eigenvalue weighted by atomic mass is 16.5. The molecule has 3 aromatic rings. The summed E-state index contributed by atoms with van der Waals surface area (Å²) >= 11 is 0. The van der Waals surface area contributed by atoms with Gasteiger partial charge >= 0.3 is 0 Å². The minimum Gasteiger partial charge on any atom is -0.489 e. The molecule has 0 unspecified atom stereocenters. The van der Waals surface area contributed by atoms with E-state index in [1.807, 2.05) is 59.4 Å². The third-order valence-corrected chi connectivity index (χ3v) is 2.85. The third-order valence-electron chi connectivity index (χ3n) is 2.85. The minimum atomic E-state index is 0.573. The van der Waals surface area contributed by atoms with E-state index in [0.29, 0.717) is 6.61 Å². The Morgan fingerprint density at radius 2 is 1.68 bits per heavy atom. The van der Waals surface area contributed by atoms with Gasteiger partial charge in [0.1, 0.15) is 12.4 Å². The van der Waals surface area contributed by atoms with E-state index in [9.17, 15) is 0 Å². The van der Waals surface area contributed by atoms with Crippen LogP contribution in [-0.2, 0) is 6.61 Å². The molecule has 3 nitrogen and oxygen atoms in total. The fourth-order valence-electron chi connectivity index (χ4n) is 1.85. The Balaban J connectivity index is 1.67. The smallest absolute Gasteiger partial charge is 0.119 e. The molecule has 1 heterocycles. The van der Waals surface area contributed by atoms with Crippen LogP contribution in [0.15, 0.2) is 73.1 Å². The Morgan fingerprint density at radius 1 is 0.895 bits per heavy atom. The summed E-state index contributed by atoms with van der Waals surface area (Å²) < 4.78 is 7.54. The molecule has 0 aliphatic heterocycles. The number of nitrogens with zero attached hydrogens (tertiary/aromatic N) is 2. The molecule has 2 aromatic carbocycles. The zero-order valence-corrected chi connectivity index (χ0v) is 10.4. The Bertz CT molecular complexity index is 616. The van der Waals surface area contributed by atoms with E-state index in [-0.39, 0.29) is 0 Å². The van der Waals surface area contributed by atoms with Crippen molar-refractivity contribution in [2.45, 2.75) is 6.61 Å². The number of ether oxygens (including phenoxy) is 1. The highest BCUT2D eigenvalue weighted by molar-refractivity contribution is 5.33. The molecular formula is C16H14N2O. The van der Waals surface area contributed by atoms with Gasteiger partial charge in [-0.15, -0.1) is 0 Å². The van der Waals surface area contributed by atoms with Crippen LogP contribution in [0.3, 0.4) is 0 Å². The molecule has 0 aliphatic carbocycles. The highest BCUT2D eigenvalue weighted by Crippen LogP contribution is 2.13. The van der Waals surface area contributed by atoms with E-state index in [1.54, 1.807) is 6.20 Å². The zero-order valence-electron chi connectivity index (χ0n) is 10.4. The lowest BCUT2D eigenvalue weighted by atomic mass is 10.2. The number of rotatable bonds is 4. The number of para-hydroxylation sites is 1. The van der Waals surface area contributed by atoms with E-state index in [0.717, 1.165) is 17.0 Å². The molecule has 0 N–H and O–H groups in total. The Labute approximate surface area is 112 Å². The van der Waals surface area contributed by atoms with E-state index < -0.39 is 0 Å². The molecule has 3 rings (SSSR count). The summed E-state index contributed by atoms with van der Waals surface area (Å²) in [6.45, 7) is 0.573. The quantitative estimate of drug-likeness (QED) is 0.709. The van der Waals surface area contributed by atoms with Crippen LogP contribution in [0, 0.1) is 0 Å². The molecule has 19 heavy (non-hydrogen) atoms. The summed E-state index contributed by atoms with van der Waals surface area (Å²) in [5, 5.41) is 4.20. The standard InChI is InChI=1S/C16H14N2O/c1-2-5-16(6-3-1)19-13-14-7-9-15(10-8-14)18-12-4-11-17-18/h1-12H,13H2. The predicted molar refractivity (Wildman–Crippen MR) is 74.3 cm³/mol. The second-order valence-electron chi connectivity index (χ2n) is 4.22. The van der Waals surface area contributed by atoms with Crippen molar-refractivity contribution in [1.29, 1.82) is 0 Å². The fourth-order valence-corrected chi connectivity index (χ4v) is 1.85. The van der Waals surface area contributed by atoms with Crippen molar-refractivity contribution >= 4 is 0 Å². The van der Waals surface area contributed by atoms with Crippen LogP contribution >= 0.6 is 0 Å². The summed E-state index contributed by atoms with van der Waals surface area (Å²) in [4.78, 5) is 0. The maximum Gasteiger partial charge on any atom is 0.119 e. The van der Waals surface area contributed by atoms with Gasteiger partial charge in [0.25, 0.3) is 0 Å². The van der Waals surface area contributed by atoms with Gasteiger partial charge < -0.3 is 4.74 Å². The first-order valence-corrected chi connectivity index (χ1v) is 6.19. The highest BCUT2D eigenvalue weighted by Gasteiger charge is 1.98. The monoisotopic (exact) mass is 250 g/mol. The van der Waals surface area contributed by atoms with Crippen molar-refractivity contribution in [1.82, 2.24) is 9.78 Å². The van der Waals surface area contributed by atoms with E-state index in [1.165, 1.54) is 0 Å².